The number of allylic oxidation sites excluding steroid dienone is 3. The zero-order chi connectivity index (χ0) is 26.1. The fourth-order valence-electron chi connectivity index (χ4n) is 6.44. The van der Waals surface area contributed by atoms with Crippen molar-refractivity contribution in [3.8, 4) is 11.1 Å². The summed E-state index contributed by atoms with van der Waals surface area (Å²) in [6.45, 7) is 14.0. The summed E-state index contributed by atoms with van der Waals surface area (Å²) in [6, 6.07) is 29.9. The van der Waals surface area contributed by atoms with Crippen molar-refractivity contribution in [2.75, 3.05) is 0 Å². The molecule has 4 aromatic rings. The first-order valence-corrected chi connectivity index (χ1v) is 15.0. The second-order valence-electron chi connectivity index (χ2n) is 12.1. The number of fused-ring (bicyclic) bond motifs is 4. The third-order valence-corrected chi connectivity index (χ3v) is 10.3. The van der Waals surface area contributed by atoms with Crippen molar-refractivity contribution in [1.29, 1.82) is 0 Å². The fraction of sp³-hybridized carbons (Fsp3) is 0.278. The number of halogens is 2. The minimum atomic E-state index is 0. The normalized spacial score (nSPS) is 18.0. The molecule has 0 saturated carbocycles. The molecule has 0 radical (unpaired) electrons. The van der Waals surface area contributed by atoms with E-state index in [1.54, 1.807) is 41.4 Å². The standard InChI is InChI=1S/C36H35.2ClH.Zr/c1-22(2)31-21-32-28(25-16-18-27(19-17-25)36(4,5)6)12-9-13-30(32)35(31)33-23(3)20-26-15-14-24-10-7-8-11-29(24)34(26)33;;;/h7-22,35H,1-6H3;2*1H;/q;;;+2/p-2. The van der Waals surface area contributed by atoms with Crippen LogP contribution in [0.15, 0.2) is 90.0 Å². The van der Waals surface area contributed by atoms with Crippen molar-refractivity contribution in [3.63, 3.8) is 0 Å². The molecule has 6 rings (SSSR count). The Morgan fingerprint density at radius 2 is 1.46 bits per heavy atom. The molecule has 2 atom stereocenters. The molecule has 2 aliphatic carbocycles. The molecule has 3 heteroatoms. The van der Waals surface area contributed by atoms with Crippen molar-refractivity contribution < 1.29 is 49.5 Å². The van der Waals surface area contributed by atoms with Gasteiger partial charge < -0.3 is 24.8 Å². The van der Waals surface area contributed by atoms with E-state index in [1.807, 2.05) is 0 Å². The second kappa shape index (κ2) is 11.2. The van der Waals surface area contributed by atoms with Crippen molar-refractivity contribution in [2.24, 2.45) is 5.92 Å². The quantitative estimate of drug-likeness (QED) is 0.321. The van der Waals surface area contributed by atoms with Gasteiger partial charge in [-0.05, 0) is 0 Å². The van der Waals surface area contributed by atoms with Crippen LogP contribution in [0, 0.1) is 5.92 Å². The van der Waals surface area contributed by atoms with Crippen LogP contribution in [0.25, 0.3) is 33.5 Å². The van der Waals surface area contributed by atoms with Gasteiger partial charge in [0.05, 0.1) is 0 Å². The average molecular weight is 630 g/mol. The Balaban J connectivity index is 0.00000176. The molecule has 0 bridgehead atoms. The summed E-state index contributed by atoms with van der Waals surface area (Å²) < 4.78 is 0.535. The van der Waals surface area contributed by atoms with Crippen LogP contribution in [-0.4, -0.2) is 0 Å². The van der Waals surface area contributed by atoms with Crippen LogP contribution in [0.3, 0.4) is 0 Å². The predicted octanol–water partition coefficient (Wildman–Crippen LogP) is 4.02. The first-order chi connectivity index (χ1) is 17.7. The Hall–Kier alpha value is -1.92. The molecule has 197 valence electrons. The summed E-state index contributed by atoms with van der Waals surface area (Å²) in [6.07, 6.45) is 2.53. The average Bonchev–Trinajstić information content (AvgIpc) is 3.39. The molecule has 0 N–H and O–H groups in total. The first kappa shape index (κ1) is 30.1. The van der Waals surface area contributed by atoms with Gasteiger partial charge in [-0.2, -0.15) is 0 Å². The molecule has 0 nitrogen and oxygen atoms in total. The molecule has 0 amide bonds. The van der Waals surface area contributed by atoms with E-state index in [0.717, 1.165) is 0 Å². The van der Waals surface area contributed by atoms with Gasteiger partial charge in [0.1, 0.15) is 0 Å². The van der Waals surface area contributed by atoms with E-state index in [1.165, 1.54) is 49.7 Å². The molecule has 0 fully saturated rings. The molecule has 0 saturated heterocycles. The van der Waals surface area contributed by atoms with E-state index in [2.05, 4.69) is 126 Å². The molecule has 0 heterocycles. The molecular formula is C36H35Cl2Zr. The van der Waals surface area contributed by atoms with Crippen molar-refractivity contribution >= 4 is 22.4 Å². The van der Waals surface area contributed by atoms with Gasteiger partial charge >= 0.3 is 218 Å². The summed E-state index contributed by atoms with van der Waals surface area (Å²) >= 11 is 1.58. The summed E-state index contributed by atoms with van der Waals surface area (Å²) in [5.74, 6) is 0.801. The van der Waals surface area contributed by atoms with Gasteiger partial charge in [0.15, 0.2) is 0 Å². The Kier molecular flexibility index (Phi) is 8.60. The number of hydrogen-bond acceptors (Lipinski definition) is 0. The van der Waals surface area contributed by atoms with Crippen LogP contribution in [0.5, 0.6) is 0 Å². The van der Waals surface area contributed by atoms with Crippen molar-refractivity contribution in [1.82, 2.24) is 0 Å². The van der Waals surface area contributed by atoms with Crippen LogP contribution >= 0.6 is 0 Å². The van der Waals surface area contributed by atoms with Gasteiger partial charge in [0.2, 0.25) is 0 Å². The third kappa shape index (κ3) is 4.94. The number of hydrogen-bond donors (Lipinski definition) is 0. The zero-order valence-corrected chi connectivity index (χ0v) is 27.5. The van der Waals surface area contributed by atoms with Crippen molar-refractivity contribution in [3.05, 3.63) is 118 Å². The van der Waals surface area contributed by atoms with Crippen LogP contribution in [0.1, 0.15) is 78.9 Å². The number of benzene rings is 4. The minimum Gasteiger partial charge on any atom is -1.00 e. The van der Waals surface area contributed by atoms with E-state index >= 15 is 0 Å². The minimum absolute atomic E-state index is 0. The third-order valence-electron chi connectivity index (χ3n) is 8.51. The summed E-state index contributed by atoms with van der Waals surface area (Å²) in [4.78, 5) is 0. The second-order valence-corrected chi connectivity index (χ2v) is 13.6. The van der Waals surface area contributed by atoms with Gasteiger partial charge in [0.25, 0.3) is 0 Å². The predicted molar refractivity (Wildman–Crippen MR) is 155 cm³/mol. The van der Waals surface area contributed by atoms with E-state index in [4.69, 9.17) is 0 Å². The fourth-order valence-corrected chi connectivity index (χ4v) is 7.41. The maximum absolute atomic E-state index is 2.53. The number of rotatable bonds is 3. The Bertz CT molecular complexity index is 1600. The van der Waals surface area contributed by atoms with Crippen LogP contribution in [0.2, 0.25) is 0 Å². The molecule has 0 spiro atoms. The maximum atomic E-state index is 2.53. The van der Waals surface area contributed by atoms with Gasteiger partial charge in [-0.1, -0.05) is 20.8 Å². The monoisotopic (exact) mass is 627 g/mol. The maximum Gasteiger partial charge on any atom is -1.00 e. The van der Waals surface area contributed by atoms with E-state index < -0.39 is 0 Å². The smallest absolute Gasteiger partial charge is 1.00 e. The topological polar surface area (TPSA) is 0 Å². The summed E-state index contributed by atoms with van der Waals surface area (Å²) in [7, 11) is 0. The van der Waals surface area contributed by atoms with Crippen LogP contribution in [0.4, 0.5) is 0 Å². The largest absolute Gasteiger partial charge is 1.00 e. The van der Waals surface area contributed by atoms with Crippen LogP contribution < -0.4 is 24.8 Å². The van der Waals surface area contributed by atoms with E-state index in [0.29, 0.717) is 15.5 Å². The molecular weight excluding hydrogens is 595 g/mol. The summed E-state index contributed by atoms with van der Waals surface area (Å²) in [5, 5.41) is 2.75. The zero-order valence-electron chi connectivity index (χ0n) is 23.6. The van der Waals surface area contributed by atoms with Gasteiger partial charge in [-0.25, -0.2) is 0 Å². The van der Waals surface area contributed by atoms with Gasteiger partial charge in [-0.3, -0.25) is 0 Å². The summed E-state index contributed by atoms with van der Waals surface area (Å²) in [5.41, 5.74) is 14.8. The molecule has 4 aromatic carbocycles. The molecule has 2 unspecified atom stereocenters. The molecule has 2 aliphatic rings. The first-order valence-electron chi connectivity index (χ1n) is 13.6. The Morgan fingerprint density at radius 1 is 0.769 bits per heavy atom. The molecule has 39 heavy (non-hydrogen) atoms. The molecule has 0 aliphatic heterocycles. The van der Waals surface area contributed by atoms with Crippen LogP contribution in [-0.2, 0) is 30.1 Å². The van der Waals surface area contributed by atoms with E-state index in [-0.39, 0.29) is 30.2 Å². The van der Waals surface area contributed by atoms with E-state index in [9.17, 15) is 0 Å². The van der Waals surface area contributed by atoms with Gasteiger partial charge in [0, 0.05) is 0 Å². The SMILES string of the molecule is CC1=C(C2C(C(C)C)=Cc3c(-c4ccc(C(C)(C)C)cc4)cccc32)c2c(ccc3ccccc23)[CH]1[Zr+2].[Cl-].[Cl-]. The Labute approximate surface area is 261 Å². The Morgan fingerprint density at radius 3 is 2.13 bits per heavy atom. The van der Waals surface area contributed by atoms with Crippen molar-refractivity contribution in [2.45, 2.75) is 56.5 Å². The molecule has 0 aromatic heterocycles. The van der Waals surface area contributed by atoms with Gasteiger partial charge in [-0.15, -0.1) is 0 Å².